The maximum Gasteiger partial charge on any atom is 0.339 e. The third kappa shape index (κ3) is 4.72. The SMILES string of the molecule is C[C@](O)(CC(=O)c1ccccc1)C(=O)OC(c1ccccc1)c1ccccc1. The van der Waals surface area contributed by atoms with Crippen LogP contribution in [0.25, 0.3) is 0 Å². The molecule has 0 unspecified atom stereocenters. The molecule has 142 valence electrons. The molecule has 3 aromatic carbocycles. The Bertz CT molecular complexity index is 879. The second-order valence-corrected chi connectivity index (χ2v) is 6.85. The topological polar surface area (TPSA) is 63.6 Å². The maximum atomic E-state index is 12.8. The lowest BCUT2D eigenvalue weighted by Gasteiger charge is -2.25. The molecule has 4 heteroatoms. The largest absolute Gasteiger partial charge is 0.450 e. The standard InChI is InChI=1S/C24H22O4/c1-24(27,17-21(25)18-11-5-2-6-12-18)23(26)28-22(19-13-7-3-8-14-19)20-15-9-4-10-16-20/h2-16,22,27H,17H2,1H3/t24-/m0/s1. The minimum absolute atomic E-state index is 0.321. The van der Waals surface area contributed by atoms with Gasteiger partial charge in [-0.2, -0.15) is 0 Å². The van der Waals surface area contributed by atoms with Crippen molar-refractivity contribution in [3.63, 3.8) is 0 Å². The van der Waals surface area contributed by atoms with E-state index in [1.165, 1.54) is 6.92 Å². The molecule has 0 saturated heterocycles. The first kappa shape index (κ1) is 19.5. The fourth-order valence-corrected chi connectivity index (χ4v) is 2.93. The molecular formula is C24H22O4. The fraction of sp³-hybridized carbons (Fsp3) is 0.167. The third-order valence-electron chi connectivity index (χ3n) is 4.47. The number of rotatable bonds is 7. The second-order valence-electron chi connectivity index (χ2n) is 6.85. The normalized spacial score (nSPS) is 13.0. The Kier molecular flexibility index (Phi) is 6.02. The van der Waals surface area contributed by atoms with E-state index in [4.69, 9.17) is 4.74 Å². The van der Waals surface area contributed by atoms with Gasteiger partial charge in [-0.15, -0.1) is 0 Å². The number of ether oxygens (including phenoxy) is 1. The molecular weight excluding hydrogens is 352 g/mol. The summed E-state index contributed by atoms with van der Waals surface area (Å²) >= 11 is 0. The van der Waals surface area contributed by atoms with Gasteiger partial charge in [-0.1, -0.05) is 91.0 Å². The first-order valence-corrected chi connectivity index (χ1v) is 9.09. The highest BCUT2D eigenvalue weighted by atomic mass is 16.6. The Morgan fingerprint density at radius 3 is 1.71 bits per heavy atom. The molecule has 0 aromatic heterocycles. The van der Waals surface area contributed by atoms with E-state index in [-0.39, 0.29) is 12.2 Å². The second kappa shape index (κ2) is 8.63. The van der Waals surface area contributed by atoms with Gasteiger partial charge in [-0.05, 0) is 18.1 Å². The van der Waals surface area contributed by atoms with Crippen molar-refractivity contribution in [2.75, 3.05) is 0 Å². The zero-order valence-electron chi connectivity index (χ0n) is 15.6. The van der Waals surface area contributed by atoms with Gasteiger partial charge in [0, 0.05) is 5.56 Å². The van der Waals surface area contributed by atoms with E-state index < -0.39 is 17.7 Å². The van der Waals surface area contributed by atoms with Crippen molar-refractivity contribution in [1.82, 2.24) is 0 Å². The van der Waals surface area contributed by atoms with Crippen LogP contribution in [0, 0.1) is 0 Å². The maximum absolute atomic E-state index is 12.8. The predicted molar refractivity (Wildman–Crippen MR) is 107 cm³/mol. The van der Waals surface area contributed by atoms with Crippen LogP contribution >= 0.6 is 0 Å². The van der Waals surface area contributed by atoms with E-state index >= 15 is 0 Å². The Hall–Kier alpha value is -3.24. The minimum Gasteiger partial charge on any atom is -0.450 e. The fourth-order valence-electron chi connectivity index (χ4n) is 2.93. The molecule has 0 heterocycles. The van der Waals surface area contributed by atoms with Crippen LogP contribution in [0.4, 0.5) is 0 Å². The molecule has 0 aliphatic rings. The summed E-state index contributed by atoms with van der Waals surface area (Å²) in [7, 11) is 0. The monoisotopic (exact) mass is 374 g/mol. The number of hydrogen-bond acceptors (Lipinski definition) is 4. The van der Waals surface area contributed by atoms with Crippen LogP contribution < -0.4 is 0 Å². The molecule has 0 aliphatic carbocycles. The number of ketones is 1. The summed E-state index contributed by atoms with van der Waals surface area (Å²) < 4.78 is 5.68. The summed E-state index contributed by atoms with van der Waals surface area (Å²) in [5.41, 5.74) is 0.0760. The summed E-state index contributed by atoms with van der Waals surface area (Å²) in [6, 6.07) is 27.2. The van der Waals surface area contributed by atoms with Crippen LogP contribution in [-0.2, 0) is 9.53 Å². The Labute approximate surface area is 164 Å². The molecule has 0 radical (unpaired) electrons. The van der Waals surface area contributed by atoms with Gasteiger partial charge >= 0.3 is 5.97 Å². The molecule has 3 rings (SSSR count). The lowest BCUT2D eigenvalue weighted by atomic mass is 9.95. The van der Waals surface area contributed by atoms with Crippen LogP contribution in [0.15, 0.2) is 91.0 Å². The van der Waals surface area contributed by atoms with Gasteiger partial charge < -0.3 is 9.84 Å². The molecule has 0 bridgehead atoms. The van der Waals surface area contributed by atoms with E-state index in [1.54, 1.807) is 30.3 Å². The number of carbonyl (C=O) groups is 2. The molecule has 1 atom stereocenters. The average molecular weight is 374 g/mol. The predicted octanol–water partition coefficient (Wildman–Crippen LogP) is 4.34. The highest BCUT2D eigenvalue weighted by molar-refractivity contribution is 5.99. The minimum atomic E-state index is -1.94. The van der Waals surface area contributed by atoms with Gasteiger partial charge in [0.2, 0.25) is 0 Å². The Morgan fingerprint density at radius 1 is 0.821 bits per heavy atom. The quantitative estimate of drug-likeness (QED) is 0.493. The van der Waals surface area contributed by atoms with Gasteiger partial charge in [-0.25, -0.2) is 4.79 Å². The number of benzene rings is 3. The van der Waals surface area contributed by atoms with Gasteiger partial charge in [0.1, 0.15) is 0 Å². The zero-order chi connectivity index (χ0) is 20.0. The van der Waals surface area contributed by atoms with Gasteiger partial charge in [0.05, 0.1) is 6.42 Å². The van der Waals surface area contributed by atoms with Crippen molar-refractivity contribution < 1.29 is 19.4 Å². The molecule has 4 nitrogen and oxygen atoms in total. The summed E-state index contributed by atoms with van der Waals surface area (Å²) in [4.78, 5) is 25.2. The van der Waals surface area contributed by atoms with Gasteiger partial charge in [0.25, 0.3) is 0 Å². The van der Waals surface area contributed by atoms with Crippen molar-refractivity contribution in [3.05, 3.63) is 108 Å². The zero-order valence-corrected chi connectivity index (χ0v) is 15.6. The summed E-state index contributed by atoms with van der Waals surface area (Å²) in [6.45, 7) is 1.31. The van der Waals surface area contributed by atoms with Gasteiger partial charge in [0.15, 0.2) is 17.5 Å². The van der Waals surface area contributed by atoms with Crippen molar-refractivity contribution in [2.45, 2.75) is 25.0 Å². The van der Waals surface area contributed by atoms with Crippen LogP contribution in [-0.4, -0.2) is 22.5 Å². The number of hydrogen-bond donors (Lipinski definition) is 1. The number of Topliss-reactive ketones (excluding diaryl/α,β-unsaturated/α-hetero) is 1. The Balaban J connectivity index is 1.80. The summed E-state index contributed by atoms with van der Waals surface area (Å²) in [5.74, 6) is -1.16. The van der Waals surface area contributed by atoms with Crippen LogP contribution in [0.3, 0.4) is 0 Å². The van der Waals surface area contributed by atoms with E-state index in [0.717, 1.165) is 11.1 Å². The first-order valence-electron chi connectivity index (χ1n) is 9.09. The summed E-state index contributed by atoms with van der Waals surface area (Å²) in [6.07, 6.45) is -1.03. The average Bonchev–Trinajstić information content (AvgIpc) is 2.73. The summed E-state index contributed by atoms with van der Waals surface area (Å²) in [5, 5.41) is 10.7. The van der Waals surface area contributed by atoms with Crippen LogP contribution in [0.5, 0.6) is 0 Å². The van der Waals surface area contributed by atoms with Crippen molar-refractivity contribution in [2.24, 2.45) is 0 Å². The molecule has 0 aliphatic heterocycles. The van der Waals surface area contributed by atoms with E-state index in [9.17, 15) is 14.7 Å². The number of carbonyl (C=O) groups excluding carboxylic acids is 2. The van der Waals surface area contributed by atoms with E-state index in [2.05, 4.69) is 0 Å². The molecule has 0 amide bonds. The van der Waals surface area contributed by atoms with E-state index in [1.807, 2.05) is 60.7 Å². The van der Waals surface area contributed by atoms with Crippen molar-refractivity contribution >= 4 is 11.8 Å². The Morgan fingerprint density at radius 2 is 1.25 bits per heavy atom. The molecule has 3 aromatic rings. The van der Waals surface area contributed by atoms with Gasteiger partial charge in [-0.3, -0.25) is 4.79 Å². The molecule has 0 spiro atoms. The lowest BCUT2D eigenvalue weighted by molar-refractivity contribution is -0.167. The molecule has 0 fully saturated rings. The molecule has 28 heavy (non-hydrogen) atoms. The highest BCUT2D eigenvalue weighted by Crippen LogP contribution is 2.28. The first-order chi connectivity index (χ1) is 13.5. The lowest BCUT2D eigenvalue weighted by Crippen LogP contribution is -2.39. The van der Waals surface area contributed by atoms with E-state index in [0.29, 0.717) is 5.56 Å². The smallest absolute Gasteiger partial charge is 0.339 e. The van der Waals surface area contributed by atoms with Crippen molar-refractivity contribution in [3.8, 4) is 0 Å². The number of esters is 1. The third-order valence-corrected chi connectivity index (χ3v) is 4.47. The highest BCUT2D eigenvalue weighted by Gasteiger charge is 2.37. The molecule has 1 N–H and O–H groups in total. The van der Waals surface area contributed by atoms with Crippen LogP contribution in [0.1, 0.15) is 40.9 Å². The van der Waals surface area contributed by atoms with Crippen LogP contribution in [0.2, 0.25) is 0 Å². The van der Waals surface area contributed by atoms with Crippen molar-refractivity contribution in [1.29, 1.82) is 0 Å². The molecule has 0 saturated carbocycles. The number of aliphatic hydroxyl groups is 1.